The molecule has 0 amide bonds. The van der Waals surface area contributed by atoms with Gasteiger partial charge in [-0.15, -0.1) is 0 Å². The van der Waals surface area contributed by atoms with Crippen LogP contribution in [-0.4, -0.2) is 51.3 Å². The highest BCUT2D eigenvalue weighted by molar-refractivity contribution is 5.69. The van der Waals surface area contributed by atoms with Gasteiger partial charge in [-0.1, -0.05) is 0 Å². The molecule has 1 aliphatic rings. The van der Waals surface area contributed by atoms with Crippen LogP contribution in [0, 0.1) is 5.92 Å². The first-order chi connectivity index (χ1) is 7.65. The van der Waals surface area contributed by atoms with E-state index >= 15 is 0 Å². The molecule has 0 saturated carbocycles. The fraction of sp³-hybridized carbons (Fsp3) is 0.917. The quantitative estimate of drug-likeness (QED) is 0.666. The first-order valence-electron chi connectivity index (χ1n) is 5.96. The van der Waals surface area contributed by atoms with Crippen molar-refractivity contribution in [2.24, 2.45) is 5.92 Å². The average molecular weight is 229 g/mol. The minimum Gasteiger partial charge on any atom is -0.469 e. The third-order valence-corrected chi connectivity index (χ3v) is 3.35. The van der Waals surface area contributed by atoms with Crippen molar-refractivity contribution in [3.8, 4) is 0 Å². The molecule has 94 valence electrons. The average Bonchev–Trinajstić information content (AvgIpc) is 2.30. The molecule has 0 aliphatic carbocycles. The lowest BCUT2D eigenvalue weighted by Crippen LogP contribution is -2.38. The van der Waals surface area contributed by atoms with Gasteiger partial charge in [0.2, 0.25) is 0 Å². The Bertz CT molecular complexity index is 212. The molecule has 1 atom stereocenters. The number of nitrogens with zero attached hydrogens (tertiary/aromatic N) is 1. The molecule has 4 heteroatoms. The topological polar surface area (TPSA) is 38.8 Å². The van der Waals surface area contributed by atoms with Gasteiger partial charge in [0.1, 0.15) is 0 Å². The number of carbonyl (C=O) groups excluding carboxylic acids is 1. The Labute approximate surface area is 97.9 Å². The molecule has 1 rings (SSSR count). The molecule has 1 aliphatic heterocycles. The van der Waals surface area contributed by atoms with E-state index in [4.69, 9.17) is 4.74 Å². The van der Waals surface area contributed by atoms with Crippen LogP contribution in [0.4, 0.5) is 0 Å². The summed E-state index contributed by atoms with van der Waals surface area (Å²) < 4.78 is 10.1. The molecule has 4 nitrogen and oxygen atoms in total. The van der Waals surface area contributed by atoms with Gasteiger partial charge >= 0.3 is 5.97 Å². The summed E-state index contributed by atoms with van der Waals surface area (Å²) >= 11 is 0. The molecule has 1 unspecified atom stereocenters. The highest BCUT2D eigenvalue weighted by Gasteiger charge is 2.26. The van der Waals surface area contributed by atoms with Crippen molar-refractivity contribution in [2.75, 3.05) is 34.4 Å². The molecule has 0 spiro atoms. The van der Waals surface area contributed by atoms with E-state index in [0.29, 0.717) is 18.4 Å². The van der Waals surface area contributed by atoms with E-state index in [1.54, 1.807) is 0 Å². The Kier molecular flexibility index (Phi) is 5.77. The molecule has 0 bridgehead atoms. The predicted octanol–water partition coefficient (Wildman–Crippen LogP) is 1.30. The highest BCUT2D eigenvalue weighted by atomic mass is 16.5. The van der Waals surface area contributed by atoms with E-state index in [1.807, 2.05) is 0 Å². The summed E-state index contributed by atoms with van der Waals surface area (Å²) in [5.74, 6) is 0.535. The molecule has 1 fully saturated rings. The Balaban J connectivity index is 2.42. The lowest BCUT2D eigenvalue weighted by atomic mass is 9.88. The van der Waals surface area contributed by atoms with E-state index < -0.39 is 0 Å². The van der Waals surface area contributed by atoms with Crippen LogP contribution in [-0.2, 0) is 14.3 Å². The molecular weight excluding hydrogens is 206 g/mol. The van der Waals surface area contributed by atoms with Gasteiger partial charge in [0.15, 0.2) is 0 Å². The van der Waals surface area contributed by atoms with Crippen molar-refractivity contribution >= 4 is 5.97 Å². The summed E-state index contributed by atoms with van der Waals surface area (Å²) in [4.78, 5) is 13.4. The van der Waals surface area contributed by atoms with Crippen molar-refractivity contribution in [1.29, 1.82) is 0 Å². The zero-order chi connectivity index (χ0) is 12.0. The van der Waals surface area contributed by atoms with Crippen LogP contribution in [0.15, 0.2) is 0 Å². The summed E-state index contributed by atoms with van der Waals surface area (Å²) in [5, 5.41) is 0. The SMILES string of the molecule is COC(=O)CCC(C1CCOCC1)N(C)C. The number of esters is 1. The van der Waals surface area contributed by atoms with Gasteiger partial charge in [0, 0.05) is 25.7 Å². The zero-order valence-corrected chi connectivity index (χ0v) is 10.6. The van der Waals surface area contributed by atoms with Crippen LogP contribution in [0.25, 0.3) is 0 Å². The predicted molar refractivity (Wildman–Crippen MR) is 62.3 cm³/mol. The van der Waals surface area contributed by atoms with Gasteiger partial charge in [0.05, 0.1) is 7.11 Å². The van der Waals surface area contributed by atoms with Crippen LogP contribution in [0.2, 0.25) is 0 Å². The zero-order valence-electron chi connectivity index (χ0n) is 10.6. The summed E-state index contributed by atoms with van der Waals surface area (Å²) in [6.07, 6.45) is 3.59. The Hall–Kier alpha value is -0.610. The van der Waals surface area contributed by atoms with Crippen LogP contribution < -0.4 is 0 Å². The Morgan fingerprint density at radius 2 is 2.06 bits per heavy atom. The van der Waals surface area contributed by atoms with Crippen LogP contribution in [0.3, 0.4) is 0 Å². The number of hydrogen-bond donors (Lipinski definition) is 0. The summed E-state index contributed by atoms with van der Waals surface area (Å²) in [6.45, 7) is 1.71. The van der Waals surface area contributed by atoms with Gasteiger partial charge in [-0.2, -0.15) is 0 Å². The molecule has 0 aromatic heterocycles. The van der Waals surface area contributed by atoms with E-state index in [-0.39, 0.29) is 5.97 Å². The second kappa shape index (κ2) is 6.86. The molecular formula is C12H23NO3. The minimum absolute atomic E-state index is 0.112. The van der Waals surface area contributed by atoms with Crippen LogP contribution in [0.5, 0.6) is 0 Å². The van der Waals surface area contributed by atoms with Gasteiger partial charge < -0.3 is 14.4 Å². The molecule has 0 radical (unpaired) electrons. The standard InChI is InChI=1S/C12H23NO3/c1-13(2)11(4-5-12(14)15-3)10-6-8-16-9-7-10/h10-11H,4-9H2,1-3H3. The first-order valence-corrected chi connectivity index (χ1v) is 5.96. The van der Waals surface area contributed by atoms with Gasteiger partial charge in [-0.25, -0.2) is 0 Å². The molecule has 0 aromatic rings. The smallest absolute Gasteiger partial charge is 0.305 e. The third kappa shape index (κ3) is 4.10. The van der Waals surface area contributed by atoms with Gasteiger partial charge in [-0.05, 0) is 39.3 Å². The fourth-order valence-electron chi connectivity index (χ4n) is 2.38. The van der Waals surface area contributed by atoms with E-state index in [0.717, 1.165) is 32.5 Å². The maximum Gasteiger partial charge on any atom is 0.305 e. The number of rotatable bonds is 5. The van der Waals surface area contributed by atoms with E-state index in [1.165, 1.54) is 7.11 Å². The largest absolute Gasteiger partial charge is 0.469 e. The van der Waals surface area contributed by atoms with Crippen LogP contribution >= 0.6 is 0 Å². The Morgan fingerprint density at radius 1 is 1.44 bits per heavy atom. The minimum atomic E-state index is -0.112. The van der Waals surface area contributed by atoms with E-state index in [2.05, 4.69) is 23.7 Å². The summed E-state index contributed by atoms with van der Waals surface area (Å²) in [7, 11) is 5.61. The van der Waals surface area contributed by atoms with Crippen molar-refractivity contribution < 1.29 is 14.3 Å². The molecule has 16 heavy (non-hydrogen) atoms. The van der Waals surface area contributed by atoms with E-state index in [9.17, 15) is 4.79 Å². The first kappa shape index (κ1) is 13.5. The maximum absolute atomic E-state index is 11.2. The Morgan fingerprint density at radius 3 is 2.56 bits per heavy atom. The number of carbonyl (C=O) groups is 1. The normalized spacial score (nSPS) is 19.8. The summed E-state index contributed by atoms with van der Waals surface area (Å²) in [5.41, 5.74) is 0. The lowest BCUT2D eigenvalue weighted by molar-refractivity contribution is -0.141. The second-order valence-electron chi connectivity index (χ2n) is 4.60. The van der Waals surface area contributed by atoms with Gasteiger partial charge in [-0.3, -0.25) is 4.79 Å². The lowest BCUT2D eigenvalue weighted by Gasteiger charge is -2.34. The number of methoxy groups -OCH3 is 1. The van der Waals surface area contributed by atoms with Crippen molar-refractivity contribution in [3.05, 3.63) is 0 Å². The molecule has 0 N–H and O–H groups in total. The fourth-order valence-corrected chi connectivity index (χ4v) is 2.38. The molecule has 1 saturated heterocycles. The van der Waals surface area contributed by atoms with Crippen molar-refractivity contribution in [3.63, 3.8) is 0 Å². The molecule has 1 heterocycles. The van der Waals surface area contributed by atoms with Crippen molar-refractivity contribution in [1.82, 2.24) is 4.90 Å². The van der Waals surface area contributed by atoms with Crippen LogP contribution in [0.1, 0.15) is 25.7 Å². The van der Waals surface area contributed by atoms with Gasteiger partial charge in [0.25, 0.3) is 0 Å². The summed E-state index contributed by atoms with van der Waals surface area (Å²) in [6, 6.07) is 0.461. The monoisotopic (exact) mass is 229 g/mol. The van der Waals surface area contributed by atoms with Crippen molar-refractivity contribution in [2.45, 2.75) is 31.7 Å². The number of hydrogen-bond acceptors (Lipinski definition) is 4. The third-order valence-electron chi connectivity index (χ3n) is 3.35. The highest BCUT2D eigenvalue weighted by Crippen LogP contribution is 2.24. The number of ether oxygens (including phenoxy) is 2. The molecule has 0 aromatic carbocycles. The second-order valence-corrected chi connectivity index (χ2v) is 4.60. The maximum atomic E-state index is 11.2.